The Morgan fingerprint density at radius 1 is 1.12 bits per heavy atom. The standard InChI is InChI=1S/C21H24N2O3/c1-16-6-4-5-7-19(16)26-15-14-23(3)20(24)13-10-17-8-11-18(12-9-17)21(25)22-2/h4-13H,14-15H2,1-3H3,(H,22,25)/b13-10+. The molecule has 0 radical (unpaired) electrons. The average Bonchev–Trinajstić information content (AvgIpc) is 2.67. The highest BCUT2D eigenvalue weighted by Gasteiger charge is 2.06. The number of nitrogens with zero attached hydrogens (tertiary/aromatic N) is 1. The van der Waals surface area contributed by atoms with Crippen molar-refractivity contribution in [3.63, 3.8) is 0 Å². The number of amides is 2. The van der Waals surface area contributed by atoms with Crippen LogP contribution in [0.5, 0.6) is 5.75 Å². The zero-order valence-electron chi connectivity index (χ0n) is 15.4. The first-order valence-corrected chi connectivity index (χ1v) is 8.45. The Labute approximate surface area is 154 Å². The topological polar surface area (TPSA) is 58.6 Å². The minimum Gasteiger partial charge on any atom is -0.491 e. The van der Waals surface area contributed by atoms with E-state index in [0.29, 0.717) is 18.7 Å². The number of para-hydroxylation sites is 1. The minimum atomic E-state index is -0.134. The summed E-state index contributed by atoms with van der Waals surface area (Å²) in [6.45, 7) is 2.91. The van der Waals surface area contributed by atoms with Gasteiger partial charge in [0.25, 0.3) is 5.91 Å². The van der Waals surface area contributed by atoms with Gasteiger partial charge in [-0.25, -0.2) is 0 Å². The van der Waals surface area contributed by atoms with Gasteiger partial charge >= 0.3 is 0 Å². The molecule has 0 fully saturated rings. The van der Waals surface area contributed by atoms with Crippen LogP contribution in [0.2, 0.25) is 0 Å². The molecule has 1 N–H and O–H groups in total. The van der Waals surface area contributed by atoms with E-state index in [1.54, 1.807) is 49.3 Å². The normalized spacial score (nSPS) is 10.6. The molecule has 0 aromatic heterocycles. The van der Waals surface area contributed by atoms with Crippen molar-refractivity contribution in [2.45, 2.75) is 6.92 Å². The molecule has 136 valence electrons. The highest BCUT2D eigenvalue weighted by Crippen LogP contribution is 2.15. The monoisotopic (exact) mass is 352 g/mol. The molecule has 2 rings (SSSR count). The van der Waals surface area contributed by atoms with E-state index in [1.165, 1.54) is 6.08 Å². The molecule has 0 aliphatic rings. The van der Waals surface area contributed by atoms with E-state index < -0.39 is 0 Å². The van der Waals surface area contributed by atoms with Crippen molar-refractivity contribution >= 4 is 17.9 Å². The first-order chi connectivity index (χ1) is 12.5. The van der Waals surface area contributed by atoms with E-state index in [4.69, 9.17) is 4.74 Å². The van der Waals surface area contributed by atoms with Crippen molar-refractivity contribution in [1.29, 1.82) is 0 Å². The van der Waals surface area contributed by atoms with Crippen molar-refractivity contribution < 1.29 is 14.3 Å². The van der Waals surface area contributed by atoms with Crippen molar-refractivity contribution in [2.24, 2.45) is 0 Å². The number of hydrogen-bond acceptors (Lipinski definition) is 3. The molecule has 0 saturated carbocycles. The molecule has 5 heteroatoms. The molecule has 0 atom stereocenters. The summed E-state index contributed by atoms with van der Waals surface area (Å²) in [6.07, 6.45) is 3.25. The van der Waals surface area contributed by atoms with Gasteiger partial charge in [-0.1, -0.05) is 30.3 Å². The van der Waals surface area contributed by atoms with Gasteiger partial charge in [0, 0.05) is 25.7 Å². The summed E-state index contributed by atoms with van der Waals surface area (Å²) < 4.78 is 5.71. The Hall–Kier alpha value is -3.08. The van der Waals surface area contributed by atoms with Crippen LogP contribution in [-0.4, -0.2) is 44.0 Å². The fraction of sp³-hybridized carbons (Fsp3) is 0.238. The number of ether oxygens (including phenoxy) is 1. The summed E-state index contributed by atoms with van der Waals surface area (Å²) in [5, 5.41) is 2.57. The zero-order chi connectivity index (χ0) is 18.9. The second kappa shape index (κ2) is 9.42. The maximum Gasteiger partial charge on any atom is 0.251 e. The van der Waals surface area contributed by atoms with Crippen LogP contribution in [0.25, 0.3) is 6.08 Å². The number of carbonyl (C=O) groups is 2. The Bertz CT molecular complexity index is 782. The third-order valence-corrected chi connectivity index (χ3v) is 3.97. The molecule has 0 saturated heterocycles. The zero-order valence-corrected chi connectivity index (χ0v) is 15.4. The molecule has 2 aromatic carbocycles. The molecular formula is C21H24N2O3. The van der Waals surface area contributed by atoms with Crippen LogP contribution < -0.4 is 10.1 Å². The van der Waals surface area contributed by atoms with Crippen LogP contribution in [0.1, 0.15) is 21.5 Å². The fourth-order valence-electron chi connectivity index (χ4n) is 2.31. The van der Waals surface area contributed by atoms with Gasteiger partial charge in [0.2, 0.25) is 5.91 Å². The number of aryl methyl sites for hydroxylation is 1. The molecule has 2 aromatic rings. The highest BCUT2D eigenvalue weighted by molar-refractivity contribution is 5.94. The molecule has 0 spiro atoms. The van der Waals surface area contributed by atoms with Crippen LogP contribution in [0.3, 0.4) is 0 Å². The Morgan fingerprint density at radius 2 is 1.81 bits per heavy atom. The van der Waals surface area contributed by atoms with E-state index in [2.05, 4.69) is 5.32 Å². The summed E-state index contributed by atoms with van der Waals surface area (Å²) in [6, 6.07) is 14.8. The third-order valence-electron chi connectivity index (χ3n) is 3.97. The van der Waals surface area contributed by atoms with Gasteiger partial charge in [-0.15, -0.1) is 0 Å². The second-order valence-electron chi connectivity index (χ2n) is 5.91. The molecule has 0 heterocycles. The van der Waals surface area contributed by atoms with Gasteiger partial charge in [0.1, 0.15) is 12.4 Å². The maximum atomic E-state index is 12.2. The van der Waals surface area contributed by atoms with E-state index in [0.717, 1.165) is 16.9 Å². The van der Waals surface area contributed by atoms with Gasteiger partial charge in [0.05, 0.1) is 6.54 Å². The quantitative estimate of drug-likeness (QED) is 0.780. The van der Waals surface area contributed by atoms with Crippen LogP contribution in [0.15, 0.2) is 54.6 Å². The van der Waals surface area contributed by atoms with Crippen LogP contribution in [0, 0.1) is 6.92 Å². The molecule has 2 amide bonds. The van der Waals surface area contributed by atoms with E-state index in [1.807, 2.05) is 31.2 Å². The molecular weight excluding hydrogens is 328 g/mol. The highest BCUT2D eigenvalue weighted by atomic mass is 16.5. The fourth-order valence-corrected chi connectivity index (χ4v) is 2.31. The number of rotatable bonds is 7. The second-order valence-corrected chi connectivity index (χ2v) is 5.91. The van der Waals surface area contributed by atoms with Gasteiger partial charge in [-0.2, -0.15) is 0 Å². The summed E-state index contributed by atoms with van der Waals surface area (Å²) in [7, 11) is 3.33. The smallest absolute Gasteiger partial charge is 0.251 e. The van der Waals surface area contributed by atoms with E-state index in [9.17, 15) is 9.59 Å². The van der Waals surface area contributed by atoms with E-state index in [-0.39, 0.29) is 11.8 Å². The summed E-state index contributed by atoms with van der Waals surface area (Å²) in [4.78, 5) is 25.3. The lowest BCUT2D eigenvalue weighted by molar-refractivity contribution is -0.125. The lowest BCUT2D eigenvalue weighted by Gasteiger charge is -2.16. The first kappa shape index (κ1) is 19.2. The lowest BCUT2D eigenvalue weighted by atomic mass is 10.1. The number of carbonyl (C=O) groups excluding carboxylic acids is 2. The Balaban J connectivity index is 1.83. The molecule has 5 nitrogen and oxygen atoms in total. The largest absolute Gasteiger partial charge is 0.491 e. The third kappa shape index (κ3) is 5.48. The predicted octanol–water partition coefficient (Wildman–Crippen LogP) is 2.91. The maximum absolute atomic E-state index is 12.2. The van der Waals surface area contributed by atoms with Gasteiger partial charge in [-0.05, 0) is 42.3 Å². The summed E-state index contributed by atoms with van der Waals surface area (Å²) in [5.41, 5.74) is 2.51. The van der Waals surface area contributed by atoms with E-state index >= 15 is 0 Å². The van der Waals surface area contributed by atoms with Crippen molar-refractivity contribution in [2.75, 3.05) is 27.2 Å². The molecule has 0 aliphatic heterocycles. The summed E-state index contributed by atoms with van der Waals surface area (Å²) in [5.74, 6) is 0.596. The molecule has 0 aliphatic carbocycles. The molecule has 0 bridgehead atoms. The van der Waals surface area contributed by atoms with Crippen LogP contribution in [0.4, 0.5) is 0 Å². The van der Waals surface area contributed by atoms with Crippen LogP contribution >= 0.6 is 0 Å². The number of nitrogens with one attached hydrogen (secondary N) is 1. The number of benzene rings is 2. The minimum absolute atomic E-state index is 0.103. The molecule has 26 heavy (non-hydrogen) atoms. The first-order valence-electron chi connectivity index (χ1n) is 8.45. The Kier molecular flexibility index (Phi) is 6.97. The van der Waals surface area contributed by atoms with Crippen molar-refractivity contribution in [1.82, 2.24) is 10.2 Å². The van der Waals surface area contributed by atoms with Gasteiger partial charge in [0.15, 0.2) is 0 Å². The number of likely N-dealkylation sites (N-methyl/N-ethyl adjacent to an activating group) is 1. The average molecular weight is 352 g/mol. The lowest BCUT2D eigenvalue weighted by Crippen LogP contribution is -2.29. The van der Waals surface area contributed by atoms with Gasteiger partial charge < -0.3 is 15.0 Å². The summed E-state index contributed by atoms with van der Waals surface area (Å²) >= 11 is 0. The van der Waals surface area contributed by atoms with Crippen molar-refractivity contribution in [3.8, 4) is 5.75 Å². The number of hydrogen-bond donors (Lipinski definition) is 1. The van der Waals surface area contributed by atoms with Crippen LogP contribution in [-0.2, 0) is 4.79 Å². The predicted molar refractivity (Wildman–Crippen MR) is 103 cm³/mol. The van der Waals surface area contributed by atoms with Gasteiger partial charge in [-0.3, -0.25) is 9.59 Å². The van der Waals surface area contributed by atoms with Crippen molar-refractivity contribution in [3.05, 3.63) is 71.3 Å². The Morgan fingerprint density at radius 3 is 2.46 bits per heavy atom. The molecule has 0 unspecified atom stereocenters. The SMILES string of the molecule is CNC(=O)c1ccc(/C=C/C(=O)N(C)CCOc2ccccc2C)cc1.